The highest BCUT2D eigenvalue weighted by atomic mass is 14.8. The molecule has 3 aromatic rings. The van der Waals surface area contributed by atoms with Crippen molar-refractivity contribution in [1.82, 2.24) is 4.98 Å². The molecule has 1 aromatic heterocycles. The number of aromatic nitrogens is 1. The van der Waals surface area contributed by atoms with E-state index in [0.29, 0.717) is 5.82 Å². The van der Waals surface area contributed by atoms with Crippen LogP contribution in [0.3, 0.4) is 0 Å². The lowest BCUT2D eigenvalue weighted by Gasteiger charge is -2.14. The van der Waals surface area contributed by atoms with Crippen molar-refractivity contribution in [3.8, 4) is 11.1 Å². The van der Waals surface area contributed by atoms with Crippen LogP contribution in [0.15, 0.2) is 54.6 Å². The largest absolute Gasteiger partial charge is 0.383 e. The average Bonchev–Trinajstić information content (AvgIpc) is 2.46. The molecule has 0 spiro atoms. The number of hydrogen-bond donors (Lipinski definition) is 1. The maximum Gasteiger partial charge on any atom is 0.132 e. The van der Waals surface area contributed by atoms with E-state index in [0.717, 1.165) is 23.1 Å². The number of rotatable bonds is 2. The normalized spacial score (nSPS) is 10.8. The Morgan fingerprint density at radius 2 is 1.63 bits per heavy atom. The number of nitrogens with zero attached hydrogens (tertiary/aromatic N) is 1. The van der Waals surface area contributed by atoms with Gasteiger partial charge in [-0.15, -0.1) is 0 Å². The summed E-state index contributed by atoms with van der Waals surface area (Å²) < 4.78 is 0. The SMILES string of the molecule is CCc1c(-c2ccccc2)c(N)nc2ccccc12. The predicted octanol–water partition coefficient (Wildman–Crippen LogP) is 4.05. The summed E-state index contributed by atoms with van der Waals surface area (Å²) in [7, 11) is 0. The van der Waals surface area contributed by atoms with Crippen LogP contribution in [-0.2, 0) is 6.42 Å². The van der Waals surface area contributed by atoms with Crippen molar-refractivity contribution in [3.63, 3.8) is 0 Å². The van der Waals surface area contributed by atoms with Gasteiger partial charge in [-0.1, -0.05) is 55.5 Å². The van der Waals surface area contributed by atoms with Crippen molar-refractivity contribution in [2.75, 3.05) is 5.73 Å². The molecule has 0 bridgehead atoms. The molecule has 0 saturated carbocycles. The first-order chi connectivity index (χ1) is 9.31. The third kappa shape index (κ3) is 1.95. The van der Waals surface area contributed by atoms with Crippen LogP contribution >= 0.6 is 0 Å². The molecule has 2 N–H and O–H groups in total. The minimum atomic E-state index is 0.613. The Morgan fingerprint density at radius 3 is 2.37 bits per heavy atom. The van der Waals surface area contributed by atoms with Crippen LogP contribution in [-0.4, -0.2) is 4.98 Å². The Balaban J connectivity index is 2.38. The summed E-state index contributed by atoms with van der Waals surface area (Å²) in [5, 5.41) is 1.19. The molecule has 0 aliphatic rings. The molecule has 1 heterocycles. The number of pyridine rings is 1. The standard InChI is InChI=1S/C17H16N2/c1-2-13-14-10-6-7-11-15(14)19-17(18)16(13)12-8-4-3-5-9-12/h3-11H,2H2,1H3,(H2,18,19). The Bertz CT molecular complexity index is 718. The molecule has 0 aliphatic carbocycles. The van der Waals surface area contributed by atoms with Crippen molar-refractivity contribution in [3.05, 3.63) is 60.2 Å². The molecule has 19 heavy (non-hydrogen) atoms. The lowest BCUT2D eigenvalue weighted by molar-refractivity contribution is 1.15. The second kappa shape index (κ2) is 4.73. The highest BCUT2D eigenvalue weighted by Gasteiger charge is 2.13. The van der Waals surface area contributed by atoms with Gasteiger partial charge < -0.3 is 5.73 Å². The topological polar surface area (TPSA) is 38.9 Å². The van der Waals surface area contributed by atoms with Crippen LogP contribution in [0.1, 0.15) is 12.5 Å². The van der Waals surface area contributed by atoms with E-state index >= 15 is 0 Å². The molecule has 2 aromatic carbocycles. The number of nitrogens with two attached hydrogens (primary N) is 1. The van der Waals surface area contributed by atoms with Gasteiger partial charge in [0, 0.05) is 10.9 Å². The van der Waals surface area contributed by atoms with E-state index in [1.54, 1.807) is 0 Å². The molecule has 0 amide bonds. The summed E-state index contributed by atoms with van der Waals surface area (Å²) in [5.74, 6) is 0.613. The van der Waals surface area contributed by atoms with Crippen LogP contribution in [0.2, 0.25) is 0 Å². The molecule has 3 rings (SSSR count). The number of para-hydroxylation sites is 1. The lowest BCUT2D eigenvalue weighted by Crippen LogP contribution is -2.00. The number of fused-ring (bicyclic) bond motifs is 1. The van der Waals surface area contributed by atoms with Crippen molar-refractivity contribution in [2.24, 2.45) is 0 Å². The highest BCUT2D eigenvalue weighted by molar-refractivity contribution is 5.93. The maximum atomic E-state index is 6.18. The van der Waals surface area contributed by atoms with Gasteiger partial charge in [0.15, 0.2) is 0 Å². The maximum absolute atomic E-state index is 6.18. The number of hydrogen-bond acceptors (Lipinski definition) is 2. The van der Waals surface area contributed by atoms with Gasteiger partial charge in [0.2, 0.25) is 0 Å². The molecule has 0 fully saturated rings. The highest BCUT2D eigenvalue weighted by Crippen LogP contribution is 2.33. The third-order valence-electron chi connectivity index (χ3n) is 3.44. The second-order valence-electron chi connectivity index (χ2n) is 4.59. The molecule has 94 valence electrons. The smallest absolute Gasteiger partial charge is 0.132 e. The summed E-state index contributed by atoms with van der Waals surface area (Å²) in [4.78, 5) is 4.54. The van der Waals surface area contributed by atoms with Crippen molar-refractivity contribution >= 4 is 16.7 Å². The van der Waals surface area contributed by atoms with Crippen molar-refractivity contribution in [1.29, 1.82) is 0 Å². The predicted molar refractivity (Wildman–Crippen MR) is 81.0 cm³/mol. The van der Waals surface area contributed by atoms with Gasteiger partial charge in [-0.25, -0.2) is 4.98 Å². The summed E-state index contributed by atoms with van der Waals surface area (Å²) in [6.07, 6.45) is 0.942. The average molecular weight is 248 g/mol. The van der Waals surface area contributed by atoms with Gasteiger partial charge in [-0.3, -0.25) is 0 Å². The fourth-order valence-electron chi connectivity index (χ4n) is 2.60. The third-order valence-corrected chi connectivity index (χ3v) is 3.44. The minimum Gasteiger partial charge on any atom is -0.383 e. The van der Waals surface area contributed by atoms with Gasteiger partial charge >= 0.3 is 0 Å². The van der Waals surface area contributed by atoms with Crippen LogP contribution in [0.5, 0.6) is 0 Å². The first-order valence-electron chi connectivity index (χ1n) is 6.53. The fraction of sp³-hybridized carbons (Fsp3) is 0.118. The minimum absolute atomic E-state index is 0.613. The monoisotopic (exact) mass is 248 g/mol. The zero-order valence-corrected chi connectivity index (χ0v) is 10.9. The quantitative estimate of drug-likeness (QED) is 0.743. The van der Waals surface area contributed by atoms with Gasteiger partial charge in [0.05, 0.1) is 5.52 Å². The van der Waals surface area contributed by atoms with Gasteiger partial charge in [-0.05, 0) is 23.6 Å². The molecular formula is C17H16N2. The van der Waals surface area contributed by atoms with Crippen molar-refractivity contribution < 1.29 is 0 Å². The molecule has 0 radical (unpaired) electrons. The van der Waals surface area contributed by atoms with Crippen LogP contribution in [0, 0.1) is 0 Å². The molecule has 0 unspecified atom stereocenters. The van der Waals surface area contributed by atoms with Gasteiger partial charge in [0.1, 0.15) is 5.82 Å². The van der Waals surface area contributed by atoms with Crippen LogP contribution < -0.4 is 5.73 Å². The van der Waals surface area contributed by atoms with E-state index in [9.17, 15) is 0 Å². The summed E-state index contributed by atoms with van der Waals surface area (Å²) in [6.45, 7) is 2.16. The number of nitrogen functional groups attached to an aromatic ring is 1. The number of benzene rings is 2. The molecule has 0 saturated heterocycles. The molecule has 2 heteroatoms. The molecule has 0 atom stereocenters. The van der Waals surface area contributed by atoms with E-state index in [4.69, 9.17) is 5.73 Å². The molecule has 0 aliphatic heterocycles. The zero-order valence-electron chi connectivity index (χ0n) is 10.9. The van der Waals surface area contributed by atoms with E-state index in [1.165, 1.54) is 10.9 Å². The fourth-order valence-corrected chi connectivity index (χ4v) is 2.60. The first kappa shape index (κ1) is 11.7. The van der Waals surface area contributed by atoms with Gasteiger partial charge in [0.25, 0.3) is 0 Å². The van der Waals surface area contributed by atoms with E-state index < -0.39 is 0 Å². The van der Waals surface area contributed by atoms with Crippen LogP contribution in [0.25, 0.3) is 22.0 Å². The van der Waals surface area contributed by atoms with Crippen LogP contribution in [0.4, 0.5) is 5.82 Å². The Morgan fingerprint density at radius 1 is 0.947 bits per heavy atom. The Hall–Kier alpha value is -2.35. The van der Waals surface area contributed by atoms with E-state index in [2.05, 4.69) is 30.1 Å². The summed E-state index contributed by atoms with van der Waals surface area (Å²) >= 11 is 0. The Labute approximate surface area is 112 Å². The summed E-state index contributed by atoms with van der Waals surface area (Å²) in [6, 6.07) is 18.4. The Kier molecular flexibility index (Phi) is 2.92. The molecule has 2 nitrogen and oxygen atoms in total. The van der Waals surface area contributed by atoms with E-state index in [1.807, 2.05) is 36.4 Å². The lowest BCUT2D eigenvalue weighted by atomic mass is 9.95. The summed E-state index contributed by atoms with van der Waals surface area (Å²) in [5.41, 5.74) is 10.6. The van der Waals surface area contributed by atoms with Crippen molar-refractivity contribution in [2.45, 2.75) is 13.3 Å². The number of aryl methyl sites for hydroxylation is 1. The van der Waals surface area contributed by atoms with E-state index in [-0.39, 0.29) is 0 Å². The van der Waals surface area contributed by atoms with Gasteiger partial charge in [-0.2, -0.15) is 0 Å². The zero-order chi connectivity index (χ0) is 13.2. The molecular weight excluding hydrogens is 232 g/mol. The second-order valence-corrected chi connectivity index (χ2v) is 4.59. The first-order valence-corrected chi connectivity index (χ1v) is 6.53. The number of anilines is 1.